The number of carbonyl (C=O) groups excluding carboxylic acids is 1. The van der Waals surface area contributed by atoms with Crippen LogP contribution in [0.25, 0.3) is 0 Å². The van der Waals surface area contributed by atoms with Crippen molar-refractivity contribution in [2.45, 2.75) is 19.9 Å². The smallest absolute Gasteiger partial charge is 0.234 e. The summed E-state index contributed by atoms with van der Waals surface area (Å²) in [4.78, 5) is 13.9. The van der Waals surface area contributed by atoms with Gasteiger partial charge in [-0.2, -0.15) is 0 Å². The Balaban J connectivity index is 1.68. The SMILES string of the molecule is Cc1ccc(CN(C)CC(=O)NCCc2nnc(N)s2)cc1. The zero-order valence-electron chi connectivity index (χ0n) is 12.9. The van der Waals surface area contributed by atoms with Crippen LogP contribution in [0.3, 0.4) is 0 Å². The number of nitrogens with zero attached hydrogens (tertiary/aromatic N) is 3. The summed E-state index contributed by atoms with van der Waals surface area (Å²) in [5.74, 6) is 0.00657. The van der Waals surface area contributed by atoms with Gasteiger partial charge in [-0.1, -0.05) is 41.2 Å². The maximum Gasteiger partial charge on any atom is 0.234 e. The number of amides is 1. The molecule has 0 atom stereocenters. The van der Waals surface area contributed by atoms with Crippen LogP contribution in [0.15, 0.2) is 24.3 Å². The van der Waals surface area contributed by atoms with Crippen LogP contribution in [-0.4, -0.2) is 41.1 Å². The number of benzene rings is 1. The molecule has 1 aromatic heterocycles. The largest absolute Gasteiger partial charge is 0.374 e. The lowest BCUT2D eigenvalue weighted by atomic mass is 10.1. The lowest BCUT2D eigenvalue weighted by Crippen LogP contribution is -2.35. The van der Waals surface area contributed by atoms with E-state index in [0.29, 0.717) is 24.6 Å². The first-order valence-electron chi connectivity index (χ1n) is 7.11. The number of rotatable bonds is 7. The molecule has 22 heavy (non-hydrogen) atoms. The molecule has 6 nitrogen and oxygen atoms in total. The van der Waals surface area contributed by atoms with E-state index in [1.165, 1.54) is 22.5 Å². The Morgan fingerprint density at radius 1 is 1.32 bits per heavy atom. The van der Waals surface area contributed by atoms with Crippen molar-refractivity contribution in [1.29, 1.82) is 0 Å². The average Bonchev–Trinajstić information content (AvgIpc) is 2.87. The Labute approximate surface area is 134 Å². The molecule has 0 fully saturated rings. The fraction of sp³-hybridized carbons (Fsp3) is 0.400. The standard InChI is InChI=1S/C15H21N5OS/c1-11-3-5-12(6-4-11)9-20(2)10-13(21)17-8-7-14-18-19-15(16)22-14/h3-6H,7-10H2,1-2H3,(H2,16,19)(H,17,21). The molecule has 0 saturated carbocycles. The van der Waals surface area contributed by atoms with Crippen molar-refractivity contribution in [3.05, 3.63) is 40.4 Å². The van der Waals surface area contributed by atoms with Crippen molar-refractivity contribution in [2.75, 3.05) is 25.9 Å². The van der Waals surface area contributed by atoms with E-state index in [0.717, 1.165) is 11.6 Å². The fourth-order valence-corrected chi connectivity index (χ4v) is 2.65. The number of hydrogen-bond acceptors (Lipinski definition) is 6. The van der Waals surface area contributed by atoms with E-state index >= 15 is 0 Å². The second-order valence-electron chi connectivity index (χ2n) is 5.29. The van der Waals surface area contributed by atoms with Crippen LogP contribution in [-0.2, 0) is 17.8 Å². The minimum atomic E-state index is 0.00657. The molecule has 7 heteroatoms. The fourth-order valence-electron chi connectivity index (χ4n) is 2.04. The summed E-state index contributed by atoms with van der Waals surface area (Å²) in [6.45, 7) is 3.73. The first-order chi connectivity index (χ1) is 10.5. The molecule has 1 heterocycles. The Hall–Kier alpha value is -1.99. The third-order valence-electron chi connectivity index (χ3n) is 3.13. The summed E-state index contributed by atoms with van der Waals surface area (Å²) in [6, 6.07) is 8.33. The average molecular weight is 319 g/mol. The van der Waals surface area contributed by atoms with E-state index in [1.54, 1.807) is 0 Å². The molecule has 2 rings (SSSR count). The van der Waals surface area contributed by atoms with Gasteiger partial charge in [0.2, 0.25) is 11.0 Å². The number of carbonyl (C=O) groups is 1. The van der Waals surface area contributed by atoms with Gasteiger partial charge in [-0.15, -0.1) is 10.2 Å². The zero-order valence-corrected chi connectivity index (χ0v) is 13.7. The zero-order chi connectivity index (χ0) is 15.9. The molecule has 0 aliphatic heterocycles. The van der Waals surface area contributed by atoms with Crippen LogP contribution in [0, 0.1) is 6.92 Å². The third-order valence-corrected chi connectivity index (χ3v) is 3.94. The number of aryl methyl sites for hydroxylation is 1. The van der Waals surface area contributed by atoms with Crippen LogP contribution in [0.4, 0.5) is 5.13 Å². The Kier molecular flexibility index (Phi) is 5.85. The van der Waals surface area contributed by atoms with Crippen molar-refractivity contribution >= 4 is 22.4 Å². The van der Waals surface area contributed by atoms with E-state index in [9.17, 15) is 4.79 Å². The number of anilines is 1. The molecule has 118 valence electrons. The van der Waals surface area contributed by atoms with Crippen molar-refractivity contribution in [2.24, 2.45) is 0 Å². The number of likely N-dealkylation sites (N-methyl/N-ethyl adjacent to an activating group) is 1. The highest BCUT2D eigenvalue weighted by Gasteiger charge is 2.07. The summed E-state index contributed by atoms with van der Waals surface area (Å²) in [5, 5.41) is 11.8. The second-order valence-corrected chi connectivity index (χ2v) is 6.39. The van der Waals surface area contributed by atoms with Gasteiger partial charge in [0.25, 0.3) is 0 Å². The van der Waals surface area contributed by atoms with Crippen LogP contribution in [0.5, 0.6) is 0 Å². The van der Waals surface area contributed by atoms with Gasteiger partial charge in [0, 0.05) is 19.5 Å². The van der Waals surface area contributed by atoms with Crippen LogP contribution in [0.2, 0.25) is 0 Å². The number of nitrogen functional groups attached to an aromatic ring is 1. The highest BCUT2D eigenvalue weighted by molar-refractivity contribution is 7.15. The Morgan fingerprint density at radius 3 is 2.68 bits per heavy atom. The van der Waals surface area contributed by atoms with Gasteiger partial charge < -0.3 is 11.1 Å². The predicted molar refractivity (Wildman–Crippen MR) is 88.5 cm³/mol. The molecule has 0 aliphatic carbocycles. The lowest BCUT2D eigenvalue weighted by molar-refractivity contribution is -0.122. The molecular formula is C15H21N5OS. The highest BCUT2D eigenvalue weighted by atomic mass is 32.1. The normalized spacial score (nSPS) is 10.9. The Morgan fingerprint density at radius 2 is 2.05 bits per heavy atom. The van der Waals surface area contributed by atoms with Crippen molar-refractivity contribution < 1.29 is 4.79 Å². The quantitative estimate of drug-likeness (QED) is 0.801. The topological polar surface area (TPSA) is 84.1 Å². The van der Waals surface area contributed by atoms with E-state index < -0.39 is 0 Å². The number of nitrogens with two attached hydrogens (primary N) is 1. The summed E-state index contributed by atoms with van der Waals surface area (Å²) >= 11 is 1.35. The lowest BCUT2D eigenvalue weighted by Gasteiger charge is -2.16. The molecule has 0 spiro atoms. The van der Waals surface area contributed by atoms with E-state index in [1.807, 2.05) is 11.9 Å². The van der Waals surface area contributed by atoms with Gasteiger partial charge in [-0.3, -0.25) is 9.69 Å². The highest BCUT2D eigenvalue weighted by Crippen LogP contribution is 2.10. The maximum atomic E-state index is 11.9. The van der Waals surface area contributed by atoms with Crippen LogP contribution >= 0.6 is 11.3 Å². The number of hydrogen-bond donors (Lipinski definition) is 2. The minimum absolute atomic E-state index is 0.00657. The monoisotopic (exact) mass is 319 g/mol. The number of aromatic nitrogens is 2. The van der Waals surface area contributed by atoms with E-state index in [-0.39, 0.29) is 5.91 Å². The minimum Gasteiger partial charge on any atom is -0.374 e. The van der Waals surface area contributed by atoms with Gasteiger partial charge in [0.15, 0.2) is 0 Å². The summed E-state index contributed by atoms with van der Waals surface area (Å²) < 4.78 is 0. The molecule has 0 aliphatic rings. The van der Waals surface area contributed by atoms with Gasteiger partial charge >= 0.3 is 0 Å². The molecule has 3 N–H and O–H groups in total. The van der Waals surface area contributed by atoms with E-state index in [2.05, 4.69) is 46.7 Å². The van der Waals surface area contributed by atoms with Crippen molar-refractivity contribution in [1.82, 2.24) is 20.4 Å². The third kappa shape index (κ3) is 5.42. The molecule has 1 aromatic carbocycles. The van der Waals surface area contributed by atoms with Gasteiger partial charge in [-0.25, -0.2) is 0 Å². The maximum absolute atomic E-state index is 11.9. The molecule has 2 aromatic rings. The first kappa shape index (κ1) is 16.4. The molecule has 1 amide bonds. The summed E-state index contributed by atoms with van der Waals surface area (Å²) in [7, 11) is 1.94. The number of nitrogens with one attached hydrogen (secondary N) is 1. The Bertz CT molecular complexity index is 611. The van der Waals surface area contributed by atoms with Gasteiger partial charge in [0.1, 0.15) is 5.01 Å². The molecule has 0 unspecified atom stereocenters. The van der Waals surface area contributed by atoms with E-state index in [4.69, 9.17) is 5.73 Å². The van der Waals surface area contributed by atoms with Crippen molar-refractivity contribution in [3.8, 4) is 0 Å². The molecular weight excluding hydrogens is 298 g/mol. The second kappa shape index (κ2) is 7.86. The van der Waals surface area contributed by atoms with Crippen LogP contribution < -0.4 is 11.1 Å². The summed E-state index contributed by atoms with van der Waals surface area (Å²) in [5.41, 5.74) is 7.95. The molecule has 0 bridgehead atoms. The molecule has 0 saturated heterocycles. The van der Waals surface area contributed by atoms with Gasteiger partial charge in [-0.05, 0) is 19.5 Å². The summed E-state index contributed by atoms with van der Waals surface area (Å²) in [6.07, 6.45) is 0.655. The first-order valence-corrected chi connectivity index (χ1v) is 7.93. The van der Waals surface area contributed by atoms with Crippen molar-refractivity contribution in [3.63, 3.8) is 0 Å². The predicted octanol–water partition coefficient (Wildman–Crippen LogP) is 1.22. The van der Waals surface area contributed by atoms with Gasteiger partial charge in [0.05, 0.1) is 6.54 Å². The molecule has 0 radical (unpaired) electrons. The van der Waals surface area contributed by atoms with Crippen LogP contribution in [0.1, 0.15) is 16.1 Å².